The van der Waals surface area contributed by atoms with Crippen molar-refractivity contribution >= 4 is 22.0 Å². The molecule has 6 nitrogen and oxygen atoms in total. The summed E-state index contributed by atoms with van der Waals surface area (Å²) in [6, 6.07) is 0. The van der Waals surface area contributed by atoms with E-state index in [1.807, 2.05) is 27.8 Å². The molecule has 0 aromatic carbocycles. The lowest BCUT2D eigenvalue weighted by atomic mass is 9.92. The number of rotatable bonds is 1. The molecule has 7 heteroatoms. The van der Waals surface area contributed by atoms with E-state index in [0.29, 0.717) is 29.8 Å². The molecule has 1 aromatic heterocycles. The number of imidazole rings is 1. The van der Waals surface area contributed by atoms with Crippen molar-refractivity contribution in [3.05, 3.63) is 16.6 Å². The second-order valence-electron chi connectivity index (χ2n) is 6.54. The Morgan fingerprint density at radius 3 is 2.71 bits per heavy atom. The van der Waals surface area contributed by atoms with Gasteiger partial charge in [-0.15, -0.1) is 0 Å². The maximum atomic E-state index is 12.2. The molecule has 1 unspecified atom stereocenters. The predicted octanol–water partition coefficient (Wildman–Crippen LogP) is 2.40. The first-order chi connectivity index (χ1) is 9.61. The van der Waals surface area contributed by atoms with Crippen molar-refractivity contribution in [3.63, 3.8) is 0 Å². The summed E-state index contributed by atoms with van der Waals surface area (Å²) in [6.07, 6.45) is 2.68. The molecular weight excluding hydrogens is 338 g/mol. The van der Waals surface area contributed by atoms with Gasteiger partial charge in [-0.25, -0.2) is 9.78 Å². The molecule has 0 saturated carbocycles. The van der Waals surface area contributed by atoms with Crippen LogP contribution in [0.4, 0.5) is 4.79 Å². The molecule has 1 aliphatic rings. The molecule has 1 atom stereocenters. The lowest BCUT2D eigenvalue weighted by Crippen LogP contribution is -2.50. The third-order valence-electron chi connectivity index (χ3n) is 3.39. The number of hydrogen-bond donors (Lipinski definition) is 1. The first kappa shape index (κ1) is 16.3. The molecule has 21 heavy (non-hydrogen) atoms. The standard InChI is InChI=1S/C14H22BrN3O3/c1-13(2,3)21-12(19)18-7-5-6-14(20,9-18)11-16-10(15)8-17(11)4/h8,20H,5-7,9H2,1-4H3. The van der Waals surface area contributed by atoms with Crippen LogP contribution in [0.5, 0.6) is 0 Å². The van der Waals surface area contributed by atoms with Gasteiger partial charge in [-0.1, -0.05) is 0 Å². The number of hydrogen-bond acceptors (Lipinski definition) is 4. The Balaban J connectivity index is 2.16. The minimum Gasteiger partial charge on any atom is -0.444 e. The first-order valence-electron chi connectivity index (χ1n) is 7.00. The Morgan fingerprint density at radius 1 is 1.52 bits per heavy atom. The molecule has 1 N–H and O–H groups in total. The van der Waals surface area contributed by atoms with Gasteiger partial charge in [-0.3, -0.25) is 0 Å². The number of carbonyl (C=O) groups excluding carboxylic acids is 1. The maximum absolute atomic E-state index is 12.2. The number of aliphatic hydroxyl groups is 1. The Morgan fingerprint density at radius 2 is 2.19 bits per heavy atom. The largest absolute Gasteiger partial charge is 0.444 e. The predicted molar refractivity (Wildman–Crippen MR) is 81.8 cm³/mol. The van der Waals surface area contributed by atoms with Crippen LogP contribution in [0.15, 0.2) is 10.8 Å². The molecule has 1 fully saturated rings. The van der Waals surface area contributed by atoms with Gasteiger partial charge in [0.15, 0.2) is 0 Å². The number of ether oxygens (including phenoxy) is 1. The van der Waals surface area contributed by atoms with Gasteiger partial charge in [0.05, 0.1) is 6.54 Å². The SMILES string of the molecule is Cn1cc(Br)nc1C1(O)CCCN(C(=O)OC(C)(C)C)C1. The van der Waals surface area contributed by atoms with Gasteiger partial charge < -0.3 is 19.3 Å². The number of nitrogens with zero attached hydrogens (tertiary/aromatic N) is 3. The summed E-state index contributed by atoms with van der Waals surface area (Å²) in [5, 5.41) is 10.9. The minimum atomic E-state index is -1.14. The molecule has 1 saturated heterocycles. The second kappa shape index (κ2) is 5.61. The smallest absolute Gasteiger partial charge is 0.410 e. The fourth-order valence-electron chi connectivity index (χ4n) is 2.56. The summed E-state index contributed by atoms with van der Waals surface area (Å²) in [5.74, 6) is 0.558. The molecule has 0 bridgehead atoms. The Bertz CT molecular complexity index is 538. The van der Waals surface area contributed by atoms with E-state index in [2.05, 4.69) is 20.9 Å². The van der Waals surface area contributed by atoms with Crippen molar-refractivity contribution in [1.82, 2.24) is 14.5 Å². The van der Waals surface area contributed by atoms with E-state index in [0.717, 1.165) is 0 Å². The summed E-state index contributed by atoms with van der Waals surface area (Å²) >= 11 is 3.31. The Labute approximate surface area is 133 Å². The van der Waals surface area contributed by atoms with Crippen molar-refractivity contribution < 1.29 is 14.6 Å². The number of piperidine rings is 1. The zero-order valence-corrected chi connectivity index (χ0v) is 14.5. The highest BCUT2D eigenvalue weighted by Gasteiger charge is 2.41. The van der Waals surface area contributed by atoms with Crippen LogP contribution in [-0.2, 0) is 17.4 Å². The summed E-state index contributed by atoms with van der Waals surface area (Å²) in [6.45, 7) is 6.27. The van der Waals surface area contributed by atoms with E-state index in [1.54, 1.807) is 15.7 Å². The molecule has 0 spiro atoms. The molecule has 1 aromatic rings. The molecule has 2 rings (SSSR count). The van der Waals surface area contributed by atoms with Crippen LogP contribution in [0, 0.1) is 0 Å². The normalized spacial score (nSPS) is 23.2. The van der Waals surface area contributed by atoms with Gasteiger partial charge in [0.1, 0.15) is 21.6 Å². The van der Waals surface area contributed by atoms with Crippen LogP contribution in [0.3, 0.4) is 0 Å². The van der Waals surface area contributed by atoms with E-state index in [9.17, 15) is 9.90 Å². The van der Waals surface area contributed by atoms with Crippen LogP contribution in [0.2, 0.25) is 0 Å². The summed E-state index contributed by atoms with van der Waals surface area (Å²) in [5.41, 5.74) is -1.69. The molecule has 0 radical (unpaired) electrons. The zero-order chi connectivity index (χ0) is 15.8. The van der Waals surface area contributed by atoms with E-state index in [4.69, 9.17) is 4.74 Å². The van der Waals surface area contributed by atoms with Gasteiger partial charge in [-0.2, -0.15) is 0 Å². The summed E-state index contributed by atoms with van der Waals surface area (Å²) < 4.78 is 7.83. The number of amides is 1. The highest BCUT2D eigenvalue weighted by molar-refractivity contribution is 9.10. The molecule has 0 aliphatic carbocycles. The van der Waals surface area contributed by atoms with E-state index in [-0.39, 0.29) is 6.54 Å². The number of aromatic nitrogens is 2. The van der Waals surface area contributed by atoms with Gasteiger partial charge in [0.25, 0.3) is 0 Å². The molecule has 2 heterocycles. The lowest BCUT2D eigenvalue weighted by molar-refractivity contribution is -0.0528. The topological polar surface area (TPSA) is 67.6 Å². The van der Waals surface area contributed by atoms with Crippen molar-refractivity contribution in [1.29, 1.82) is 0 Å². The summed E-state index contributed by atoms with van der Waals surface area (Å²) in [4.78, 5) is 18.1. The Kier molecular flexibility index (Phi) is 4.35. The fraction of sp³-hybridized carbons (Fsp3) is 0.714. The first-order valence-corrected chi connectivity index (χ1v) is 7.80. The zero-order valence-electron chi connectivity index (χ0n) is 12.9. The van der Waals surface area contributed by atoms with Gasteiger partial charge in [-0.05, 0) is 49.5 Å². The van der Waals surface area contributed by atoms with Crippen molar-refractivity contribution in [2.24, 2.45) is 7.05 Å². The van der Waals surface area contributed by atoms with Crippen LogP contribution in [0.1, 0.15) is 39.4 Å². The number of β-amino-alcohol motifs (C(OH)–C–C–N with tert-alkyl or cyclic N) is 1. The molecule has 1 aliphatic heterocycles. The number of carbonyl (C=O) groups is 1. The third kappa shape index (κ3) is 3.77. The Hall–Kier alpha value is -1.08. The average Bonchev–Trinajstić information content (AvgIpc) is 2.67. The quantitative estimate of drug-likeness (QED) is 0.835. The highest BCUT2D eigenvalue weighted by atomic mass is 79.9. The maximum Gasteiger partial charge on any atom is 0.410 e. The van der Waals surface area contributed by atoms with Crippen molar-refractivity contribution in [2.75, 3.05) is 13.1 Å². The van der Waals surface area contributed by atoms with Gasteiger partial charge in [0, 0.05) is 19.8 Å². The van der Waals surface area contributed by atoms with E-state index >= 15 is 0 Å². The fourth-order valence-corrected chi connectivity index (χ4v) is 3.04. The van der Waals surface area contributed by atoms with Crippen molar-refractivity contribution in [2.45, 2.75) is 44.8 Å². The minimum absolute atomic E-state index is 0.194. The highest BCUT2D eigenvalue weighted by Crippen LogP contribution is 2.32. The second-order valence-corrected chi connectivity index (χ2v) is 7.35. The molecule has 118 valence electrons. The molecular formula is C14H22BrN3O3. The van der Waals surface area contributed by atoms with Crippen LogP contribution >= 0.6 is 15.9 Å². The molecule has 1 amide bonds. The van der Waals surface area contributed by atoms with Crippen LogP contribution < -0.4 is 0 Å². The van der Waals surface area contributed by atoms with E-state index in [1.165, 1.54) is 0 Å². The van der Waals surface area contributed by atoms with Gasteiger partial charge in [0.2, 0.25) is 0 Å². The number of halogens is 1. The van der Waals surface area contributed by atoms with Crippen molar-refractivity contribution in [3.8, 4) is 0 Å². The third-order valence-corrected chi connectivity index (χ3v) is 3.77. The number of aryl methyl sites for hydroxylation is 1. The monoisotopic (exact) mass is 359 g/mol. The van der Waals surface area contributed by atoms with Gasteiger partial charge >= 0.3 is 6.09 Å². The number of likely N-dealkylation sites (tertiary alicyclic amines) is 1. The average molecular weight is 360 g/mol. The van der Waals surface area contributed by atoms with Crippen LogP contribution in [0.25, 0.3) is 0 Å². The summed E-state index contributed by atoms with van der Waals surface area (Å²) in [7, 11) is 1.83. The van der Waals surface area contributed by atoms with E-state index < -0.39 is 17.3 Å². The van der Waals surface area contributed by atoms with Crippen LogP contribution in [-0.4, -0.2) is 44.3 Å². The lowest BCUT2D eigenvalue weighted by Gasteiger charge is -2.39.